The van der Waals surface area contributed by atoms with Gasteiger partial charge in [-0.2, -0.15) is 0 Å². The summed E-state index contributed by atoms with van der Waals surface area (Å²) in [7, 11) is 3.60. The van der Waals surface area contributed by atoms with Gasteiger partial charge in [-0.25, -0.2) is 4.98 Å². The molecule has 29 heavy (non-hydrogen) atoms. The number of morpholine rings is 1. The van der Waals surface area contributed by atoms with Crippen LogP contribution in [0, 0.1) is 5.41 Å². The van der Waals surface area contributed by atoms with Gasteiger partial charge in [0.2, 0.25) is 0 Å². The van der Waals surface area contributed by atoms with Crippen LogP contribution in [-0.4, -0.2) is 63.6 Å². The van der Waals surface area contributed by atoms with Crippen LogP contribution < -0.4 is 15.5 Å². The molecule has 0 spiro atoms. The molecule has 1 aliphatic heterocycles. The van der Waals surface area contributed by atoms with Crippen LogP contribution in [-0.2, 0) is 16.0 Å². The summed E-state index contributed by atoms with van der Waals surface area (Å²) in [5.41, 5.74) is 1.51. The van der Waals surface area contributed by atoms with E-state index in [1.54, 1.807) is 7.11 Å². The second-order valence-corrected chi connectivity index (χ2v) is 8.56. The summed E-state index contributed by atoms with van der Waals surface area (Å²) in [6.45, 7) is 8.47. The Labute approximate surface area is 175 Å². The molecule has 162 valence electrons. The Hall–Kier alpha value is -1.86. The topological polar surface area (TPSA) is 71.0 Å². The average Bonchev–Trinajstić information content (AvgIpc) is 2.68. The third kappa shape index (κ3) is 6.06. The minimum atomic E-state index is 0.235. The molecule has 2 atom stereocenters. The van der Waals surface area contributed by atoms with E-state index in [-0.39, 0.29) is 12.2 Å². The normalized spacial score (nSPS) is 24.1. The Balaban J connectivity index is 1.47. The summed E-state index contributed by atoms with van der Waals surface area (Å²) < 4.78 is 11.1. The highest BCUT2D eigenvalue weighted by atomic mass is 16.5. The van der Waals surface area contributed by atoms with Gasteiger partial charge in [0, 0.05) is 53.1 Å². The number of pyridine rings is 1. The smallest absolute Gasteiger partial charge is 0.191 e. The van der Waals surface area contributed by atoms with E-state index >= 15 is 0 Å². The second-order valence-electron chi connectivity index (χ2n) is 8.56. The summed E-state index contributed by atoms with van der Waals surface area (Å²) in [6.07, 6.45) is 7.38. The van der Waals surface area contributed by atoms with Crippen LogP contribution in [0.4, 0.5) is 5.82 Å². The van der Waals surface area contributed by atoms with Gasteiger partial charge in [0.05, 0.1) is 12.2 Å². The van der Waals surface area contributed by atoms with Gasteiger partial charge in [-0.15, -0.1) is 0 Å². The third-order valence-corrected chi connectivity index (χ3v) is 6.12. The summed E-state index contributed by atoms with van der Waals surface area (Å²) in [5.74, 6) is 1.86. The molecule has 3 rings (SSSR count). The van der Waals surface area contributed by atoms with Gasteiger partial charge in [-0.1, -0.05) is 12.5 Å². The van der Waals surface area contributed by atoms with Crippen molar-refractivity contribution in [2.45, 2.75) is 58.3 Å². The molecule has 2 fully saturated rings. The van der Waals surface area contributed by atoms with Gasteiger partial charge in [0.25, 0.3) is 0 Å². The van der Waals surface area contributed by atoms with Crippen molar-refractivity contribution in [3.63, 3.8) is 0 Å². The quantitative estimate of drug-likeness (QED) is 0.514. The molecule has 0 aromatic carbocycles. The number of rotatable bonds is 8. The Morgan fingerprint density at radius 3 is 2.59 bits per heavy atom. The number of hydrogen-bond acceptors (Lipinski definition) is 5. The Morgan fingerprint density at radius 1 is 1.28 bits per heavy atom. The molecule has 1 saturated heterocycles. The molecule has 2 N–H and O–H groups in total. The van der Waals surface area contributed by atoms with Crippen LogP contribution in [0.25, 0.3) is 0 Å². The number of aliphatic imine (C=N–C) groups is 1. The minimum Gasteiger partial charge on any atom is -0.385 e. The molecule has 2 unspecified atom stereocenters. The Kier molecular flexibility index (Phi) is 7.72. The zero-order valence-electron chi connectivity index (χ0n) is 18.4. The first kappa shape index (κ1) is 21.8. The molecule has 1 saturated carbocycles. The fraction of sp³-hybridized carbons (Fsp3) is 0.727. The van der Waals surface area contributed by atoms with E-state index in [2.05, 4.69) is 51.5 Å². The van der Waals surface area contributed by atoms with E-state index in [9.17, 15) is 0 Å². The maximum absolute atomic E-state index is 5.81. The first-order valence-corrected chi connectivity index (χ1v) is 10.8. The van der Waals surface area contributed by atoms with E-state index < -0.39 is 0 Å². The fourth-order valence-electron chi connectivity index (χ4n) is 4.26. The van der Waals surface area contributed by atoms with E-state index in [4.69, 9.17) is 9.47 Å². The predicted octanol–water partition coefficient (Wildman–Crippen LogP) is 2.57. The molecule has 0 bridgehead atoms. The van der Waals surface area contributed by atoms with Crippen LogP contribution in [0.5, 0.6) is 0 Å². The molecule has 0 amide bonds. The van der Waals surface area contributed by atoms with Crippen LogP contribution in [0.15, 0.2) is 23.3 Å². The minimum absolute atomic E-state index is 0.235. The molecule has 2 aliphatic rings. The van der Waals surface area contributed by atoms with Crippen molar-refractivity contribution in [1.82, 2.24) is 15.6 Å². The lowest BCUT2D eigenvalue weighted by Gasteiger charge is -2.42. The highest BCUT2D eigenvalue weighted by molar-refractivity contribution is 5.79. The predicted molar refractivity (Wildman–Crippen MR) is 117 cm³/mol. The van der Waals surface area contributed by atoms with E-state index in [1.165, 1.54) is 19.3 Å². The molecular formula is C22H37N5O2. The van der Waals surface area contributed by atoms with Crippen molar-refractivity contribution in [2.75, 3.05) is 45.3 Å². The fourth-order valence-corrected chi connectivity index (χ4v) is 4.26. The SMILES string of the molecule is CN=C(NCc1ccc(N2CC(C)OC(C)C2)nc1)NCC1(CCOC)CCC1. The number of nitrogens with zero attached hydrogens (tertiary/aromatic N) is 3. The maximum Gasteiger partial charge on any atom is 0.191 e. The highest BCUT2D eigenvalue weighted by Gasteiger charge is 2.36. The van der Waals surface area contributed by atoms with Crippen molar-refractivity contribution >= 4 is 11.8 Å². The molecule has 7 heteroatoms. The van der Waals surface area contributed by atoms with Crippen molar-refractivity contribution in [2.24, 2.45) is 10.4 Å². The van der Waals surface area contributed by atoms with Gasteiger partial charge in [0.1, 0.15) is 5.82 Å². The second kappa shape index (κ2) is 10.3. The maximum atomic E-state index is 5.81. The summed E-state index contributed by atoms with van der Waals surface area (Å²) in [5, 5.41) is 6.91. The van der Waals surface area contributed by atoms with Crippen molar-refractivity contribution in [3.8, 4) is 0 Å². The Bertz CT molecular complexity index is 650. The summed E-state index contributed by atoms with van der Waals surface area (Å²) >= 11 is 0. The molecule has 0 radical (unpaired) electrons. The lowest BCUT2D eigenvalue weighted by molar-refractivity contribution is -0.00545. The number of aromatic nitrogens is 1. The van der Waals surface area contributed by atoms with E-state index in [0.717, 1.165) is 50.0 Å². The van der Waals surface area contributed by atoms with Crippen LogP contribution in [0.2, 0.25) is 0 Å². The molecule has 1 aromatic heterocycles. The number of methoxy groups -OCH3 is 1. The average molecular weight is 404 g/mol. The lowest BCUT2D eigenvalue weighted by atomic mass is 9.67. The van der Waals surface area contributed by atoms with Gasteiger partial charge in [0.15, 0.2) is 5.96 Å². The van der Waals surface area contributed by atoms with Crippen molar-refractivity contribution < 1.29 is 9.47 Å². The standard InChI is InChI=1S/C22H37N5O2/c1-17-14-27(15-18(2)29-17)20-7-6-19(12-24-20)13-25-21(23-3)26-16-22(8-5-9-22)10-11-28-4/h6-7,12,17-18H,5,8-11,13-16H2,1-4H3,(H2,23,25,26). The molecule has 1 aliphatic carbocycles. The van der Waals surface area contributed by atoms with Crippen LogP contribution in [0.3, 0.4) is 0 Å². The van der Waals surface area contributed by atoms with Gasteiger partial charge in [-0.3, -0.25) is 4.99 Å². The monoisotopic (exact) mass is 403 g/mol. The number of guanidine groups is 1. The van der Waals surface area contributed by atoms with Crippen LogP contribution >= 0.6 is 0 Å². The summed E-state index contributed by atoms with van der Waals surface area (Å²) in [4.78, 5) is 11.3. The number of hydrogen-bond donors (Lipinski definition) is 2. The number of ether oxygens (including phenoxy) is 2. The largest absolute Gasteiger partial charge is 0.385 e. The van der Waals surface area contributed by atoms with E-state index in [0.29, 0.717) is 12.0 Å². The van der Waals surface area contributed by atoms with Gasteiger partial charge < -0.3 is 25.0 Å². The first-order chi connectivity index (χ1) is 14.0. The molecule has 7 nitrogen and oxygen atoms in total. The van der Waals surface area contributed by atoms with Crippen LogP contribution in [0.1, 0.15) is 45.1 Å². The Morgan fingerprint density at radius 2 is 2.03 bits per heavy atom. The van der Waals surface area contributed by atoms with Crippen molar-refractivity contribution in [1.29, 1.82) is 0 Å². The zero-order chi connectivity index (χ0) is 20.7. The van der Waals surface area contributed by atoms with E-state index in [1.807, 2.05) is 13.2 Å². The van der Waals surface area contributed by atoms with Gasteiger partial charge in [-0.05, 0) is 50.2 Å². The molecule has 1 aromatic rings. The molecule has 2 heterocycles. The molecular weight excluding hydrogens is 366 g/mol. The number of anilines is 1. The van der Waals surface area contributed by atoms with Crippen molar-refractivity contribution in [3.05, 3.63) is 23.9 Å². The van der Waals surface area contributed by atoms with Gasteiger partial charge >= 0.3 is 0 Å². The lowest BCUT2D eigenvalue weighted by Crippen LogP contribution is -2.46. The first-order valence-electron chi connectivity index (χ1n) is 10.8. The number of nitrogens with one attached hydrogen (secondary N) is 2. The zero-order valence-corrected chi connectivity index (χ0v) is 18.4. The summed E-state index contributed by atoms with van der Waals surface area (Å²) in [6, 6.07) is 4.24. The highest BCUT2D eigenvalue weighted by Crippen LogP contribution is 2.43. The third-order valence-electron chi connectivity index (χ3n) is 6.12.